The van der Waals surface area contributed by atoms with Crippen LogP contribution in [0, 0.1) is 11.3 Å². The van der Waals surface area contributed by atoms with Gasteiger partial charge in [-0.2, -0.15) is 5.26 Å². The molecule has 2 aliphatic heterocycles. The second-order valence-corrected chi connectivity index (χ2v) is 6.33. The van der Waals surface area contributed by atoms with Crippen molar-refractivity contribution < 1.29 is 19.1 Å². The predicted molar refractivity (Wildman–Crippen MR) is 90.2 cm³/mol. The van der Waals surface area contributed by atoms with Gasteiger partial charge in [0.15, 0.2) is 11.5 Å². The van der Waals surface area contributed by atoms with Gasteiger partial charge in [-0.1, -0.05) is 18.2 Å². The zero-order valence-electron chi connectivity index (χ0n) is 14.0. The molecule has 0 radical (unpaired) electrons. The van der Waals surface area contributed by atoms with Crippen molar-refractivity contribution in [2.75, 3.05) is 6.79 Å². The highest BCUT2D eigenvalue weighted by Gasteiger charge is 2.49. The second kappa shape index (κ2) is 5.77. The molecule has 0 spiro atoms. The second-order valence-electron chi connectivity index (χ2n) is 6.33. The number of rotatable bonds is 3. The van der Waals surface area contributed by atoms with Gasteiger partial charge in [-0.15, -0.1) is 0 Å². The van der Waals surface area contributed by atoms with Crippen LogP contribution >= 0.6 is 0 Å². The van der Waals surface area contributed by atoms with Gasteiger partial charge < -0.3 is 14.8 Å². The van der Waals surface area contributed by atoms with Gasteiger partial charge in [-0.05, 0) is 42.3 Å². The Morgan fingerprint density at radius 1 is 1.19 bits per heavy atom. The Bertz CT molecular complexity index is 965. The summed E-state index contributed by atoms with van der Waals surface area (Å²) in [6.07, 6.45) is 0. The Kier molecular flexibility index (Phi) is 3.55. The first-order chi connectivity index (χ1) is 12.5. The van der Waals surface area contributed by atoms with Gasteiger partial charge in [0, 0.05) is 0 Å². The number of fused-ring (bicyclic) bond motifs is 1. The average molecular weight is 349 g/mol. The van der Waals surface area contributed by atoms with Crippen LogP contribution in [0.3, 0.4) is 0 Å². The van der Waals surface area contributed by atoms with Crippen LogP contribution in [0.5, 0.6) is 11.5 Å². The Morgan fingerprint density at radius 2 is 2.00 bits per heavy atom. The third-order valence-electron chi connectivity index (χ3n) is 4.62. The number of nitrogens with one attached hydrogen (secondary N) is 1. The largest absolute Gasteiger partial charge is 0.454 e. The smallest absolute Gasteiger partial charge is 0.325 e. The third-order valence-corrected chi connectivity index (χ3v) is 4.62. The summed E-state index contributed by atoms with van der Waals surface area (Å²) in [5, 5.41) is 11.8. The minimum atomic E-state index is -1.19. The number of amides is 3. The fourth-order valence-corrected chi connectivity index (χ4v) is 3.17. The van der Waals surface area contributed by atoms with Crippen molar-refractivity contribution in [2.45, 2.75) is 19.0 Å². The van der Waals surface area contributed by atoms with E-state index < -0.39 is 11.6 Å². The summed E-state index contributed by atoms with van der Waals surface area (Å²) in [5.74, 6) is 0.800. The maximum Gasteiger partial charge on any atom is 0.325 e. The van der Waals surface area contributed by atoms with Gasteiger partial charge >= 0.3 is 6.03 Å². The fourth-order valence-electron chi connectivity index (χ4n) is 3.17. The molecule has 7 heteroatoms. The number of hydrogen-bond donors (Lipinski definition) is 1. The summed E-state index contributed by atoms with van der Waals surface area (Å²) in [7, 11) is 0. The van der Waals surface area contributed by atoms with E-state index in [0.29, 0.717) is 28.2 Å². The third kappa shape index (κ3) is 2.43. The minimum Gasteiger partial charge on any atom is -0.454 e. The quantitative estimate of drug-likeness (QED) is 0.858. The van der Waals surface area contributed by atoms with E-state index in [2.05, 4.69) is 11.4 Å². The molecule has 2 aliphatic rings. The van der Waals surface area contributed by atoms with Gasteiger partial charge in [-0.25, -0.2) is 4.79 Å². The van der Waals surface area contributed by atoms with Crippen molar-refractivity contribution in [2.24, 2.45) is 0 Å². The van der Waals surface area contributed by atoms with Crippen LogP contribution in [-0.4, -0.2) is 23.6 Å². The van der Waals surface area contributed by atoms with Crippen molar-refractivity contribution in [3.05, 3.63) is 59.2 Å². The van der Waals surface area contributed by atoms with E-state index in [1.807, 2.05) is 0 Å². The molecule has 3 amide bonds. The highest BCUT2D eigenvalue weighted by Crippen LogP contribution is 2.38. The Morgan fingerprint density at radius 3 is 2.81 bits per heavy atom. The van der Waals surface area contributed by atoms with E-state index in [1.54, 1.807) is 49.4 Å². The molecule has 0 saturated carbocycles. The van der Waals surface area contributed by atoms with Crippen LogP contribution in [0.15, 0.2) is 42.5 Å². The summed E-state index contributed by atoms with van der Waals surface area (Å²) >= 11 is 0. The molecule has 0 unspecified atom stereocenters. The molecule has 4 rings (SSSR count). The highest BCUT2D eigenvalue weighted by atomic mass is 16.7. The molecule has 1 atom stereocenters. The molecule has 130 valence electrons. The Balaban J connectivity index is 1.63. The van der Waals surface area contributed by atoms with Crippen LogP contribution in [0.25, 0.3) is 0 Å². The van der Waals surface area contributed by atoms with Crippen LogP contribution in [0.1, 0.15) is 23.6 Å². The number of imide groups is 1. The summed E-state index contributed by atoms with van der Waals surface area (Å²) in [6.45, 7) is 1.90. The summed E-state index contributed by atoms with van der Waals surface area (Å²) in [5.41, 5.74) is 0.620. The molecule has 0 bridgehead atoms. The SMILES string of the molecule is C[C@]1(c2ccc3c(c2)OCO3)NC(=O)N(Cc2cccc(C#N)c2)C1=O. The van der Waals surface area contributed by atoms with Gasteiger partial charge in [0.1, 0.15) is 5.54 Å². The van der Waals surface area contributed by atoms with E-state index in [1.165, 1.54) is 0 Å². The number of nitriles is 1. The normalized spacial score (nSPS) is 20.8. The maximum atomic E-state index is 13.0. The van der Waals surface area contributed by atoms with Crippen LogP contribution in [-0.2, 0) is 16.9 Å². The van der Waals surface area contributed by atoms with Crippen molar-refractivity contribution in [3.63, 3.8) is 0 Å². The first kappa shape index (κ1) is 16.0. The lowest BCUT2D eigenvalue weighted by atomic mass is 9.91. The molecule has 26 heavy (non-hydrogen) atoms. The van der Waals surface area contributed by atoms with Crippen LogP contribution in [0.4, 0.5) is 4.79 Å². The lowest BCUT2D eigenvalue weighted by Crippen LogP contribution is -2.40. The highest BCUT2D eigenvalue weighted by molar-refractivity contribution is 6.07. The number of benzene rings is 2. The van der Waals surface area contributed by atoms with Crippen molar-refractivity contribution in [3.8, 4) is 17.6 Å². The summed E-state index contributed by atoms with van der Waals surface area (Å²) < 4.78 is 10.7. The first-order valence-corrected chi connectivity index (χ1v) is 8.04. The maximum absolute atomic E-state index is 13.0. The number of nitrogens with zero attached hydrogens (tertiary/aromatic N) is 2. The molecule has 0 aromatic heterocycles. The van der Waals surface area contributed by atoms with Crippen LogP contribution < -0.4 is 14.8 Å². The molecule has 2 aromatic carbocycles. The topological polar surface area (TPSA) is 91.7 Å². The monoisotopic (exact) mass is 349 g/mol. The molecule has 2 aromatic rings. The minimum absolute atomic E-state index is 0.0975. The summed E-state index contributed by atoms with van der Waals surface area (Å²) in [6, 6.07) is 13.6. The number of carbonyl (C=O) groups is 2. The van der Waals surface area contributed by atoms with E-state index >= 15 is 0 Å². The fraction of sp³-hybridized carbons (Fsp3) is 0.211. The van der Waals surface area contributed by atoms with Gasteiger partial charge in [0.25, 0.3) is 5.91 Å². The molecule has 2 heterocycles. The number of urea groups is 1. The number of carbonyl (C=O) groups excluding carboxylic acids is 2. The molecule has 1 N–H and O–H groups in total. The van der Waals surface area contributed by atoms with E-state index in [0.717, 1.165) is 4.90 Å². The Labute approximate surface area is 149 Å². The lowest BCUT2D eigenvalue weighted by Gasteiger charge is -2.22. The van der Waals surface area contributed by atoms with E-state index in [9.17, 15) is 9.59 Å². The lowest BCUT2D eigenvalue weighted by molar-refractivity contribution is -0.131. The molecular formula is C19H15N3O4. The van der Waals surface area contributed by atoms with Crippen LogP contribution in [0.2, 0.25) is 0 Å². The molecule has 0 aliphatic carbocycles. The van der Waals surface area contributed by atoms with E-state index in [-0.39, 0.29) is 19.2 Å². The predicted octanol–water partition coefficient (Wildman–Crippen LogP) is 2.25. The van der Waals surface area contributed by atoms with Crippen molar-refractivity contribution in [1.29, 1.82) is 5.26 Å². The molecule has 1 fully saturated rings. The van der Waals surface area contributed by atoms with Crippen molar-refractivity contribution >= 4 is 11.9 Å². The van der Waals surface area contributed by atoms with Crippen molar-refractivity contribution in [1.82, 2.24) is 10.2 Å². The van der Waals surface area contributed by atoms with E-state index in [4.69, 9.17) is 14.7 Å². The zero-order chi connectivity index (χ0) is 18.3. The number of ether oxygens (including phenoxy) is 2. The molecular weight excluding hydrogens is 334 g/mol. The zero-order valence-corrected chi connectivity index (χ0v) is 14.0. The number of hydrogen-bond acceptors (Lipinski definition) is 5. The molecule has 1 saturated heterocycles. The average Bonchev–Trinajstić information content (AvgIpc) is 3.20. The summed E-state index contributed by atoms with van der Waals surface area (Å²) in [4.78, 5) is 26.6. The van der Waals surface area contributed by atoms with Gasteiger partial charge in [-0.3, -0.25) is 9.69 Å². The first-order valence-electron chi connectivity index (χ1n) is 8.04. The molecule has 7 nitrogen and oxygen atoms in total. The van der Waals surface area contributed by atoms with Gasteiger partial charge in [0.2, 0.25) is 6.79 Å². The standard InChI is InChI=1S/C19H15N3O4/c1-19(14-5-6-15-16(8-14)26-11-25-15)17(23)22(18(24)21-19)10-13-4-2-3-12(7-13)9-20/h2-8H,10-11H2,1H3,(H,21,24)/t19-/m1/s1. The van der Waals surface area contributed by atoms with Gasteiger partial charge in [0.05, 0.1) is 18.2 Å². The Hall–Kier alpha value is -3.53.